The van der Waals surface area contributed by atoms with Crippen molar-refractivity contribution >= 4 is 0 Å². The van der Waals surface area contributed by atoms with Crippen LogP contribution in [0.15, 0.2) is 0 Å². The highest BCUT2D eigenvalue weighted by molar-refractivity contribution is 5.00. The van der Waals surface area contributed by atoms with Crippen LogP contribution in [0, 0.1) is 0 Å². The Bertz CT molecular complexity index is 284. The topological polar surface area (TPSA) is 38.5 Å². The number of hydrogen-bond donors (Lipinski definition) is 1. The van der Waals surface area contributed by atoms with E-state index in [9.17, 15) is 0 Å². The van der Waals surface area contributed by atoms with E-state index >= 15 is 0 Å². The molecule has 19 heavy (non-hydrogen) atoms. The van der Waals surface area contributed by atoms with Gasteiger partial charge in [-0.1, -0.05) is 25.7 Å². The number of nitrogens with two attached hydrogens (primary N) is 1. The molecule has 0 bridgehead atoms. The van der Waals surface area contributed by atoms with Gasteiger partial charge in [0.25, 0.3) is 0 Å². The summed E-state index contributed by atoms with van der Waals surface area (Å²) >= 11 is 0. The molecule has 1 aliphatic heterocycles. The van der Waals surface area contributed by atoms with Gasteiger partial charge in [-0.05, 0) is 46.6 Å². The van der Waals surface area contributed by atoms with Crippen LogP contribution in [0.5, 0.6) is 0 Å². The van der Waals surface area contributed by atoms with Crippen LogP contribution in [0.2, 0.25) is 0 Å². The molecule has 3 nitrogen and oxygen atoms in total. The average molecular weight is 268 g/mol. The van der Waals surface area contributed by atoms with Crippen LogP contribution in [0.1, 0.15) is 65.2 Å². The summed E-state index contributed by atoms with van der Waals surface area (Å²) < 4.78 is 5.90. The Morgan fingerprint density at radius 3 is 2.32 bits per heavy atom. The summed E-state index contributed by atoms with van der Waals surface area (Å²) in [5.41, 5.74) is 6.33. The maximum Gasteiger partial charge on any atom is 0.0644 e. The molecule has 2 rings (SSSR count). The van der Waals surface area contributed by atoms with E-state index < -0.39 is 0 Å². The van der Waals surface area contributed by atoms with Crippen molar-refractivity contribution < 1.29 is 4.74 Å². The summed E-state index contributed by atoms with van der Waals surface area (Å²) in [6.07, 6.45) is 10.4. The molecule has 1 saturated heterocycles. The maximum absolute atomic E-state index is 6.21. The number of ether oxygens (including phenoxy) is 1. The van der Waals surface area contributed by atoms with Crippen LogP contribution >= 0.6 is 0 Å². The summed E-state index contributed by atoms with van der Waals surface area (Å²) in [5.74, 6) is 0. The van der Waals surface area contributed by atoms with E-state index in [1.807, 2.05) is 0 Å². The monoisotopic (exact) mass is 268 g/mol. The number of hydrogen-bond acceptors (Lipinski definition) is 3. The van der Waals surface area contributed by atoms with Crippen molar-refractivity contribution in [2.75, 3.05) is 20.2 Å². The first kappa shape index (κ1) is 15.3. The Morgan fingerprint density at radius 1 is 1.16 bits per heavy atom. The first-order chi connectivity index (χ1) is 8.99. The summed E-state index contributed by atoms with van der Waals surface area (Å²) in [5, 5.41) is 0. The van der Waals surface area contributed by atoms with Gasteiger partial charge >= 0.3 is 0 Å². The summed E-state index contributed by atoms with van der Waals surface area (Å²) in [4.78, 5) is 2.63. The largest absolute Gasteiger partial charge is 0.375 e. The molecule has 0 radical (unpaired) electrons. The lowest BCUT2D eigenvalue weighted by Gasteiger charge is -2.52. The third-order valence-corrected chi connectivity index (χ3v) is 5.32. The number of nitrogens with zero attached hydrogens (tertiary/aromatic N) is 1. The molecular formula is C16H32N2O. The molecule has 1 saturated carbocycles. The summed E-state index contributed by atoms with van der Waals surface area (Å²) in [6.45, 7) is 6.02. The molecular weight excluding hydrogens is 236 g/mol. The molecule has 0 spiro atoms. The lowest BCUT2D eigenvalue weighted by molar-refractivity contribution is -0.121. The molecule has 1 aliphatic carbocycles. The summed E-state index contributed by atoms with van der Waals surface area (Å²) in [7, 11) is 2.31. The Balaban J connectivity index is 2.10. The Labute approximate surface area is 118 Å². The smallest absolute Gasteiger partial charge is 0.0644 e. The van der Waals surface area contributed by atoms with Crippen LogP contribution < -0.4 is 5.73 Å². The van der Waals surface area contributed by atoms with Crippen LogP contribution in [0.25, 0.3) is 0 Å². The highest BCUT2D eigenvalue weighted by Gasteiger charge is 2.44. The highest BCUT2D eigenvalue weighted by atomic mass is 16.5. The average Bonchev–Trinajstić information content (AvgIpc) is 2.65. The normalized spacial score (nSPS) is 33.3. The van der Waals surface area contributed by atoms with Gasteiger partial charge < -0.3 is 10.5 Å². The van der Waals surface area contributed by atoms with Crippen LogP contribution in [0.3, 0.4) is 0 Å². The zero-order valence-corrected chi connectivity index (χ0v) is 13.1. The maximum atomic E-state index is 6.21. The second kappa shape index (κ2) is 6.11. The molecule has 2 fully saturated rings. The molecule has 0 aromatic rings. The lowest BCUT2D eigenvalue weighted by Crippen LogP contribution is -2.61. The van der Waals surface area contributed by atoms with E-state index in [-0.39, 0.29) is 11.1 Å². The molecule has 2 N–H and O–H groups in total. The SMILES string of the molecule is CN(C1CCCCCC1)C1(CN)CCOC(C)(C)C1. The zero-order valence-electron chi connectivity index (χ0n) is 13.1. The molecule has 2 aliphatic rings. The molecule has 0 aromatic heterocycles. The van der Waals surface area contributed by atoms with Crippen molar-refractivity contribution in [3.05, 3.63) is 0 Å². The quantitative estimate of drug-likeness (QED) is 0.800. The van der Waals surface area contributed by atoms with Gasteiger partial charge in [0.1, 0.15) is 0 Å². The minimum Gasteiger partial charge on any atom is -0.375 e. The van der Waals surface area contributed by atoms with Gasteiger partial charge in [0, 0.05) is 24.7 Å². The fourth-order valence-electron chi connectivity index (χ4n) is 4.10. The predicted molar refractivity (Wildman–Crippen MR) is 80.3 cm³/mol. The molecule has 3 heteroatoms. The predicted octanol–water partition coefficient (Wildman–Crippen LogP) is 2.93. The van der Waals surface area contributed by atoms with Gasteiger partial charge in [-0.25, -0.2) is 0 Å². The van der Waals surface area contributed by atoms with Crippen molar-refractivity contribution in [1.82, 2.24) is 4.90 Å². The molecule has 1 heterocycles. The van der Waals surface area contributed by atoms with E-state index in [1.165, 1.54) is 38.5 Å². The first-order valence-electron chi connectivity index (χ1n) is 8.06. The van der Waals surface area contributed by atoms with E-state index in [2.05, 4.69) is 25.8 Å². The Kier molecular flexibility index (Phi) is 4.91. The minimum absolute atomic E-state index is 0.0311. The fraction of sp³-hybridized carbons (Fsp3) is 1.00. The van der Waals surface area contributed by atoms with Gasteiger partial charge in [0.15, 0.2) is 0 Å². The van der Waals surface area contributed by atoms with Crippen molar-refractivity contribution in [2.24, 2.45) is 5.73 Å². The third-order valence-electron chi connectivity index (χ3n) is 5.32. The van der Waals surface area contributed by atoms with E-state index in [4.69, 9.17) is 10.5 Å². The standard InChI is InChI=1S/C16H32N2O/c1-15(2)12-16(13-17,10-11-19-15)18(3)14-8-6-4-5-7-9-14/h14H,4-13,17H2,1-3H3. The Hall–Kier alpha value is -0.120. The number of rotatable bonds is 3. The second-order valence-corrected chi connectivity index (χ2v) is 7.22. The number of likely N-dealkylation sites (N-methyl/N-ethyl adjacent to an activating group) is 1. The first-order valence-corrected chi connectivity index (χ1v) is 8.06. The van der Waals surface area contributed by atoms with E-state index in [0.29, 0.717) is 0 Å². The summed E-state index contributed by atoms with van der Waals surface area (Å²) in [6, 6.07) is 0.722. The van der Waals surface area contributed by atoms with Gasteiger partial charge in [0.05, 0.1) is 5.60 Å². The Morgan fingerprint density at radius 2 is 1.79 bits per heavy atom. The third kappa shape index (κ3) is 3.50. The zero-order chi connectivity index (χ0) is 13.9. The molecule has 112 valence electrons. The van der Waals surface area contributed by atoms with E-state index in [1.54, 1.807) is 0 Å². The van der Waals surface area contributed by atoms with Crippen molar-refractivity contribution in [3.8, 4) is 0 Å². The van der Waals surface area contributed by atoms with Crippen molar-refractivity contribution in [2.45, 2.75) is 82.4 Å². The molecule has 0 aromatic carbocycles. The fourth-order valence-corrected chi connectivity index (χ4v) is 4.10. The van der Waals surface area contributed by atoms with Gasteiger partial charge in [-0.2, -0.15) is 0 Å². The lowest BCUT2D eigenvalue weighted by atomic mass is 9.79. The molecule has 1 unspecified atom stereocenters. The molecule has 0 amide bonds. The molecule has 1 atom stereocenters. The van der Waals surface area contributed by atoms with Gasteiger partial charge in [-0.3, -0.25) is 4.90 Å². The highest BCUT2D eigenvalue weighted by Crippen LogP contribution is 2.38. The van der Waals surface area contributed by atoms with E-state index in [0.717, 1.165) is 32.0 Å². The van der Waals surface area contributed by atoms with Gasteiger partial charge in [-0.15, -0.1) is 0 Å². The van der Waals surface area contributed by atoms with Crippen LogP contribution in [-0.4, -0.2) is 42.3 Å². The van der Waals surface area contributed by atoms with Crippen LogP contribution in [0.4, 0.5) is 0 Å². The van der Waals surface area contributed by atoms with Crippen molar-refractivity contribution in [1.29, 1.82) is 0 Å². The van der Waals surface area contributed by atoms with Gasteiger partial charge in [0.2, 0.25) is 0 Å². The minimum atomic E-state index is -0.0311. The van der Waals surface area contributed by atoms with Crippen LogP contribution in [-0.2, 0) is 4.74 Å². The van der Waals surface area contributed by atoms with Crippen molar-refractivity contribution in [3.63, 3.8) is 0 Å². The second-order valence-electron chi connectivity index (χ2n) is 7.22.